The van der Waals surface area contributed by atoms with Crippen molar-refractivity contribution in [2.24, 2.45) is 0 Å². The average molecular weight is 226 g/mol. The van der Waals surface area contributed by atoms with Crippen molar-refractivity contribution in [3.05, 3.63) is 24.3 Å². The zero-order valence-corrected chi connectivity index (χ0v) is 9.67. The molecule has 1 aromatic rings. The highest BCUT2D eigenvalue weighted by atomic mass is 32.2. The molecule has 0 heterocycles. The van der Waals surface area contributed by atoms with Gasteiger partial charge in [0.15, 0.2) is 0 Å². The Labute approximate surface area is 93.8 Å². The summed E-state index contributed by atoms with van der Waals surface area (Å²) < 4.78 is 9.91. The highest BCUT2D eigenvalue weighted by Crippen LogP contribution is 2.22. The SMILES string of the molecule is CCOC(=O)CSc1cccc(OC)c1. The van der Waals surface area contributed by atoms with Gasteiger partial charge in [-0.3, -0.25) is 4.79 Å². The Morgan fingerprint density at radius 3 is 2.93 bits per heavy atom. The van der Waals surface area contributed by atoms with E-state index in [1.807, 2.05) is 24.3 Å². The molecule has 0 aliphatic rings. The second-order valence-electron chi connectivity index (χ2n) is 2.77. The van der Waals surface area contributed by atoms with E-state index < -0.39 is 0 Å². The number of carbonyl (C=O) groups is 1. The molecule has 0 aliphatic carbocycles. The molecule has 0 radical (unpaired) electrons. The van der Waals surface area contributed by atoms with Gasteiger partial charge in [0.1, 0.15) is 5.75 Å². The largest absolute Gasteiger partial charge is 0.497 e. The summed E-state index contributed by atoms with van der Waals surface area (Å²) in [5.74, 6) is 0.940. The number of esters is 1. The molecule has 0 spiro atoms. The maximum Gasteiger partial charge on any atom is 0.316 e. The molecular formula is C11H14O3S. The molecule has 0 N–H and O–H groups in total. The fraction of sp³-hybridized carbons (Fsp3) is 0.364. The number of hydrogen-bond donors (Lipinski definition) is 0. The lowest BCUT2D eigenvalue weighted by Crippen LogP contribution is -2.06. The fourth-order valence-corrected chi connectivity index (χ4v) is 1.78. The van der Waals surface area contributed by atoms with Crippen LogP contribution in [0.4, 0.5) is 0 Å². The second kappa shape index (κ2) is 6.35. The van der Waals surface area contributed by atoms with Crippen molar-refractivity contribution in [3.63, 3.8) is 0 Å². The van der Waals surface area contributed by atoms with Crippen molar-refractivity contribution in [3.8, 4) is 5.75 Å². The number of hydrogen-bond acceptors (Lipinski definition) is 4. The fourth-order valence-electron chi connectivity index (χ4n) is 1.04. The monoisotopic (exact) mass is 226 g/mol. The first-order valence-corrected chi connectivity index (χ1v) is 5.67. The van der Waals surface area contributed by atoms with Crippen molar-refractivity contribution in [1.29, 1.82) is 0 Å². The van der Waals surface area contributed by atoms with Crippen LogP contribution in [0.15, 0.2) is 29.2 Å². The van der Waals surface area contributed by atoms with E-state index in [-0.39, 0.29) is 5.97 Å². The Kier molecular flexibility index (Phi) is 5.04. The molecule has 0 atom stereocenters. The first-order valence-electron chi connectivity index (χ1n) is 4.68. The Morgan fingerprint density at radius 1 is 1.47 bits per heavy atom. The normalized spacial score (nSPS) is 9.73. The number of methoxy groups -OCH3 is 1. The molecular weight excluding hydrogens is 212 g/mol. The molecule has 82 valence electrons. The zero-order valence-electron chi connectivity index (χ0n) is 8.86. The van der Waals surface area contributed by atoms with E-state index >= 15 is 0 Å². The molecule has 0 saturated heterocycles. The Bertz CT molecular complexity index is 325. The molecule has 0 aromatic heterocycles. The lowest BCUT2D eigenvalue weighted by molar-refractivity contribution is -0.139. The third-order valence-electron chi connectivity index (χ3n) is 1.70. The summed E-state index contributed by atoms with van der Waals surface area (Å²) in [7, 11) is 1.62. The maximum absolute atomic E-state index is 11.1. The highest BCUT2D eigenvalue weighted by Gasteiger charge is 2.03. The van der Waals surface area contributed by atoms with Gasteiger partial charge in [-0.05, 0) is 25.1 Å². The molecule has 4 heteroatoms. The van der Waals surface area contributed by atoms with Crippen molar-refractivity contribution < 1.29 is 14.3 Å². The summed E-state index contributed by atoms with van der Waals surface area (Å²) in [5, 5.41) is 0. The summed E-state index contributed by atoms with van der Waals surface area (Å²) in [6.45, 7) is 2.23. The van der Waals surface area contributed by atoms with Crippen LogP contribution in [0.2, 0.25) is 0 Å². The van der Waals surface area contributed by atoms with Crippen molar-refractivity contribution >= 4 is 17.7 Å². The standard InChI is InChI=1S/C11H14O3S/c1-3-14-11(12)8-15-10-6-4-5-9(7-10)13-2/h4-7H,3,8H2,1-2H3. The summed E-state index contributed by atoms with van der Waals surface area (Å²) in [6.07, 6.45) is 0. The van der Waals surface area contributed by atoms with E-state index in [4.69, 9.17) is 9.47 Å². The Morgan fingerprint density at radius 2 is 2.27 bits per heavy atom. The minimum atomic E-state index is -0.190. The van der Waals surface area contributed by atoms with Crippen LogP contribution in [-0.2, 0) is 9.53 Å². The van der Waals surface area contributed by atoms with Gasteiger partial charge in [0.05, 0.1) is 19.5 Å². The van der Waals surface area contributed by atoms with Crippen LogP contribution in [0.1, 0.15) is 6.92 Å². The van der Waals surface area contributed by atoms with Crippen molar-refractivity contribution in [2.45, 2.75) is 11.8 Å². The van der Waals surface area contributed by atoms with Crippen LogP contribution in [0.5, 0.6) is 5.75 Å². The molecule has 3 nitrogen and oxygen atoms in total. The quantitative estimate of drug-likeness (QED) is 0.570. The second-order valence-corrected chi connectivity index (χ2v) is 3.82. The van der Waals surface area contributed by atoms with E-state index in [0.29, 0.717) is 12.4 Å². The number of benzene rings is 1. The van der Waals surface area contributed by atoms with Gasteiger partial charge in [0.25, 0.3) is 0 Å². The molecule has 0 aliphatic heterocycles. The maximum atomic E-state index is 11.1. The lowest BCUT2D eigenvalue weighted by atomic mass is 10.3. The Hall–Kier alpha value is -1.16. The van der Waals surface area contributed by atoms with Gasteiger partial charge in [-0.2, -0.15) is 0 Å². The summed E-state index contributed by atoms with van der Waals surface area (Å²) >= 11 is 1.44. The lowest BCUT2D eigenvalue weighted by Gasteiger charge is -2.04. The Balaban J connectivity index is 2.46. The number of carbonyl (C=O) groups excluding carboxylic acids is 1. The van der Waals surface area contributed by atoms with Gasteiger partial charge in [0.2, 0.25) is 0 Å². The summed E-state index contributed by atoms with van der Waals surface area (Å²) in [4.78, 5) is 12.1. The van der Waals surface area contributed by atoms with Gasteiger partial charge in [-0.1, -0.05) is 6.07 Å². The van der Waals surface area contributed by atoms with E-state index in [1.54, 1.807) is 14.0 Å². The molecule has 0 saturated carbocycles. The summed E-state index contributed by atoms with van der Waals surface area (Å²) in [6, 6.07) is 7.59. The van der Waals surface area contributed by atoms with E-state index in [1.165, 1.54) is 11.8 Å². The molecule has 0 amide bonds. The van der Waals surface area contributed by atoms with Gasteiger partial charge >= 0.3 is 5.97 Å². The van der Waals surface area contributed by atoms with Crippen LogP contribution >= 0.6 is 11.8 Å². The van der Waals surface area contributed by atoms with E-state index in [2.05, 4.69) is 0 Å². The minimum absolute atomic E-state index is 0.190. The van der Waals surface area contributed by atoms with Crippen molar-refractivity contribution in [2.75, 3.05) is 19.5 Å². The van der Waals surface area contributed by atoms with Crippen LogP contribution in [0.3, 0.4) is 0 Å². The average Bonchev–Trinajstić information content (AvgIpc) is 2.27. The van der Waals surface area contributed by atoms with E-state index in [0.717, 1.165) is 10.6 Å². The van der Waals surface area contributed by atoms with Gasteiger partial charge in [0, 0.05) is 4.90 Å². The van der Waals surface area contributed by atoms with E-state index in [9.17, 15) is 4.79 Å². The first kappa shape index (κ1) is 11.9. The highest BCUT2D eigenvalue weighted by molar-refractivity contribution is 8.00. The molecule has 0 unspecified atom stereocenters. The third kappa shape index (κ3) is 4.25. The molecule has 0 fully saturated rings. The van der Waals surface area contributed by atoms with Gasteiger partial charge in [-0.25, -0.2) is 0 Å². The van der Waals surface area contributed by atoms with Crippen LogP contribution < -0.4 is 4.74 Å². The number of ether oxygens (including phenoxy) is 2. The van der Waals surface area contributed by atoms with Crippen molar-refractivity contribution in [1.82, 2.24) is 0 Å². The molecule has 1 rings (SSSR count). The number of thioether (sulfide) groups is 1. The van der Waals surface area contributed by atoms with Crippen LogP contribution in [0.25, 0.3) is 0 Å². The van der Waals surface area contributed by atoms with Crippen LogP contribution in [-0.4, -0.2) is 25.4 Å². The van der Waals surface area contributed by atoms with Crippen LogP contribution in [0, 0.1) is 0 Å². The molecule has 15 heavy (non-hydrogen) atoms. The predicted octanol–water partition coefficient (Wildman–Crippen LogP) is 2.35. The zero-order chi connectivity index (χ0) is 11.1. The number of rotatable bonds is 5. The van der Waals surface area contributed by atoms with Gasteiger partial charge in [-0.15, -0.1) is 11.8 Å². The predicted molar refractivity (Wildman–Crippen MR) is 60.4 cm³/mol. The minimum Gasteiger partial charge on any atom is -0.497 e. The third-order valence-corrected chi connectivity index (χ3v) is 2.67. The molecule has 1 aromatic carbocycles. The summed E-state index contributed by atoms with van der Waals surface area (Å²) in [5.41, 5.74) is 0. The topological polar surface area (TPSA) is 35.5 Å². The van der Waals surface area contributed by atoms with Gasteiger partial charge < -0.3 is 9.47 Å². The molecule has 0 bridgehead atoms. The first-order chi connectivity index (χ1) is 7.26. The smallest absolute Gasteiger partial charge is 0.316 e.